The Morgan fingerprint density at radius 3 is 2.67 bits per heavy atom. The Labute approximate surface area is 128 Å². The number of halogens is 1. The number of aromatic nitrogens is 1. The number of hydrogen-bond donors (Lipinski definition) is 0. The minimum atomic E-state index is 0.318. The maximum atomic E-state index is 5.83. The second-order valence-electron chi connectivity index (χ2n) is 4.43. The number of ether oxygens (including phenoxy) is 1. The van der Waals surface area contributed by atoms with E-state index in [9.17, 15) is 0 Å². The number of benzene rings is 2. The molecule has 0 radical (unpaired) electrons. The third-order valence-electron chi connectivity index (χ3n) is 2.97. The van der Waals surface area contributed by atoms with E-state index in [-0.39, 0.29) is 0 Å². The lowest BCUT2D eigenvalue weighted by Crippen LogP contribution is -1.95. The molecule has 0 aliphatic heterocycles. The lowest BCUT2D eigenvalue weighted by atomic mass is 10.2. The number of fused-ring (bicyclic) bond motifs is 1. The number of pyridine rings is 1. The number of nitrogens with zero attached hydrogens (tertiary/aromatic N) is 1. The molecule has 0 unspecified atom stereocenters. The summed E-state index contributed by atoms with van der Waals surface area (Å²) in [6.45, 7) is 0.318. The fraction of sp³-hybridized carbons (Fsp3) is 0.0556. The van der Waals surface area contributed by atoms with Crippen molar-refractivity contribution in [2.45, 2.75) is 0 Å². The minimum absolute atomic E-state index is 0.318. The van der Waals surface area contributed by atoms with E-state index in [0.29, 0.717) is 11.6 Å². The van der Waals surface area contributed by atoms with Crippen LogP contribution in [0.25, 0.3) is 10.9 Å². The molecule has 0 saturated heterocycles. The average molecular weight is 294 g/mol. The van der Waals surface area contributed by atoms with Crippen molar-refractivity contribution in [2.24, 2.45) is 0 Å². The minimum Gasteiger partial charge on any atom is -0.479 e. The number of hydrogen-bond acceptors (Lipinski definition) is 2. The second kappa shape index (κ2) is 6.30. The highest BCUT2D eigenvalue weighted by Crippen LogP contribution is 2.22. The number of para-hydroxylation sites is 1. The van der Waals surface area contributed by atoms with Gasteiger partial charge >= 0.3 is 0 Å². The molecule has 0 saturated carbocycles. The third-order valence-corrected chi connectivity index (χ3v) is 3.22. The predicted octanol–water partition coefficient (Wildman–Crippen LogP) is 4.32. The van der Waals surface area contributed by atoms with Gasteiger partial charge in [0.15, 0.2) is 0 Å². The fourth-order valence-corrected chi connectivity index (χ4v) is 2.10. The zero-order valence-electron chi connectivity index (χ0n) is 11.2. The second-order valence-corrected chi connectivity index (χ2v) is 4.87. The maximum absolute atomic E-state index is 5.83. The molecule has 21 heavy (non-hydrogen) atoms. The van der Waals surface area contributed by atoms with Crippen molar-refractivity contribution in [1.29, 1.82) is 0 Å². The lowest BCUT2D eigenvalue weighted by Gasteiger charge is -2.05. The van der Waals surface area contributed by atoms with Crippen molar-refractivity contribution < 1.29 is 4.74 Å². The van der Waals surface area contributed by atoms with E-state index in [4.69, 9.17) is 16.3 Å². The molecule has 0 aliphatic carbocycles. The van der Waals surface area contributed by atoms with Crippen molar-refractivity contribution in [1.82, 2.24) is 4.98 Å². The summed E-state index contributed by atoms with van der Waals surface area (Å²) in [7, 11) is 0. The van der Waals surface area contributed by atoms with Gasteiger partial charge in [0.25, 0.3) is 0 Å². The van der Waals surface area contributed by atoms with Gasteiger partial charge in [0, 0.05) is 22.2 Å². The van der Waals surface area contributed by atoms with Gasteiger partial charge in [-0.2, -0.15) is 0 Å². The van der Waals surface area contributed by atoms with Gasteiger partial charge in [-0.1, -0.05) is 41.6 Å². The quantitative estimate of drug-likeness (QED) is 0.657. The molecule has 3 aromatic rings. The van der Waals surface area contributed by atoms with E-state index < -0.39 is 0 Å². The van der Waals surface area contributed by atoms with Crippen LogP contribution in [0.1, 0.15) is 5.56 Å². The van der Waals surface area contributed by atoms with Gasteiger partial charge in [-0.3, -0.25) is 4.98 Å². The molecule has 0 aliphatic rings. The summed E-state index contributed by atoms with van der Waals surface area (Å²) in [5.74, 6) is 6.78. The maximum Gasteiger partial charge on any atom is 0.149 e. The molecule has 2 nitrogen and oxygen atoms in total. The Bertz CT molecular complexity index is 810. The number of rotatable bonds is 2. The van der Waals surface area contributed by atoms with E-state index in [1.807, 2.05) is 54.6 Å². The van der Waals surface area contributed by atoms with Crippen molar-refractivity contribution >= 4 is 22.5 Å². The molecular formula is C18H12ClNO. The highest BCUT2D eigenvalue weighted by molar-refractivity contribution is 6.30. The topological polar surface area (TPSA) is 22.1 Å². The van der Waals surface area contributed by atoms with Gasteiger partial charge in [0.1, 0.15) is 17.9 Å². The first kappa shape index (κ1) is 13.5. The zero-order valence-corrected chi connectivity index (χ0v) is 12.0. The lowest BCUT2D eigenvalue weighted by molar-refractivity contribution is 0.374. The summed E-state index contributed by atoms with van der Waals surface area (Å²) in [6, 6.07) is 17.2. The molecule has 3 rings (SSSR count). The molecule has 0 N–H and O–H groups in total. The summed E-state index contributed by atoms with van der Waals surface area (Å²) < 4.78 is 5.70. The summed E-state index contributed by atoms with van der Waals surface area (Å²) >= 11 is 5.83. The van der Waals surface area contributed by atoms with Crippen LogP contribution >= 0.6 is 11.6 Å². The normalized spacial score (nSPS) is 9.95. The standard InChI is InChI=1S/C18H12ClNO/c19-16-10-8-14(9-11-16)4-3-13-21-17-7-1-5-15-6-2-12-20-18(15)17/h1-2,5-12H,13H2. The molecular weight excluding hydrogens is 282 g/mol. The van der Waals surface area contributed by atoms with Crippen molar-refractivity contribution in [2.75, 3.05) is 6.61 Å². The Morgan fingerprint density at radius 1 is 1.00 bits per heavy atom. The Balaban J connectivity index is 1.71. The molecule has 2 aromatic carbocycles. The third kappa shape index (κ3) is 3.34. The highest BCUT2D eigenvalue weighted by Gasteiger charge is 2.01. The van der Waals surface area contributed by atoms with Crippen LogP contribution in [0.5, 0.6) is 5.75 Å². The van der Waals surface area contributed by atoms with E-state index in [1.165, 1.54) is 0 Å². The van der Waals surface area contributed by atoms with Crippen LogP contribution in [0.2, 0.25) is 5.02 Å². The summed E-state index contributed by atoms with van der Waals surface area (Å²) in [4.78, 5) is 4.34. The molecule has 0 amide bonds. The predicted molar refractivity (Wildman–Crippen MR) is 85.6 cm³/mol. The first-order valence-corrected chi connectivity index (χ1v) is 6.92. The zero-order chi connectivity index (χ0) is 14.5. The van der Waals surface area contributed by atoms with E-state index in [1.54, 1.807) is 6.20 Å². The van der Waals surface area contributed by atoms with Gasteiger partial charge in [-0.15, -0.1) is 0 Å². The Hall–Kier alpha value is -2.50. The van der Waals surface area contributed by atoms with Crippen molar-refractivity contribution in [3.05, 3.63) is 71.4 Å². The van der Waals surface area contributed by atoms with Gasteiger partial charge < -0.3 is 4.74 Å². The molecule has 0 spiro atoms. The Morgan fingerprint density at radius 2 is 1.81 bits per heavy atom. The van der Waals surface area contributed by atoms with Crippen LogP contribution in [0, 0.1) is 11.8 Å². The smallest absolute Gasteiger partial charge is 0.149 e. The molecule has 0 fully saturated rings. The first-order valence-electron chi connectivity index (χ1n) is 6.54. The van der Waals surface area contributed by atoms with Crippen molar-refractivity contribution in [3.63, 3.8) is 0 Å². The highest BCUT2D eigenvalue weighted by atomic mass is 35.5. The Kier molecular flexibility index (Phi) is 4.04. The van der Waals surface area contributed by atoms with Crippen LogP contribution in [0.4, 0.5) is 0 Å². The van der Waals surface area contributed by atoms with E-state index >= 15 is 0 Å². The van der Waals surface area contributed by atoms with Crippen molar-refractivity contribution in [3.8, 4) is 17.6 Å². The molecule has 0 atom stereocenters. The van der Waals surface area contributed by atoms with Crippen LogP contribution in [0.3, 0.4) is 0 Å². The molecule has 1 heterocycles. The van der Waals surface area contributed by atoms with Crippen LogP contribution in [0.15, 0.2) is 60.8 Å². The van der Waals surface area contributed by atoms with Gasteiger partial charge in [0.2, 0.25) is 0 Å². The van der Waals surface area contributed by atoms with Crippen LogP contribution in [-0.4, -0.2) is 11.6 Å². The summed E-state index contributed by atoms with van der Waals surface area (Å²) in [5, 5.41) is 1.76. The monoisotopic (exact) mass is 293 g/mol. The SMILES string of the molecule is Clc1ccc(C#CCOc2cccc3cccnc23)cc1. The summed E-state index contributed by atoms with van der Waals surface area (Å²) in [6.07, 6.45) is 1.76. The molecule has 102 valence electrons. The van der Waals surface area contributed by atoms with Crippen LogP contribution < -0.4 is 4.74 Å². The average Bonchev–Trinajstić information content (AvgIpc) is 2.53. The largest absolute Gasteiger partial charge is 0.479 e. The van der Waals surface area contributed by atoms with E-state index in [2.05, 4.69) is 16.8 Å². The molecule has 0 bridgehead atoms. The first-order chi connectivity index (χ1) is 10.3. The molecule has 3 heteroatoms. The molecule has 1 aromatic heterocycles. The van der Waals surface area contributed by atoms with Gasteiger partial charge in [-0.05, 0) is 36.4 Å². The van der Waals surface area contributed by atoms with Crippen LogP contribution in [-0.2, 0) is 0 Å². The fourth-order valence-electron chi connectivity index (χ4n) is 1.98. The van der Waals surface area contributed by atoms with E-state index in [0.717, 1.165) is 22.2 Å². The van der Waals surface area contributed by atoms with Gasteiger partial charge in [-0.25, -0.2) is 0 Å². The summed E-state index contributed by atoms with van der Waals surface area (Å²) in [5.41, 5.74) is 1.77. The van der Waals surface area contributed by atoms with Gasteiger partial charge in [0.05, 0.1) is 0 Å².